The standard InChI is InChI=1S/C21H18N4O2S/c26-19(22-17-8-3-6-14-5-1-2-7-16(14)17)13-25-11-15(12-25)21-23-20(24-27-21)18-9-4-10-28-18/h1-10,15H,11-13H2,(H,22,26). The van der Waals surface area contributed by atoms with Gasteiger partial charge in [-0.3, -0.25) is 9.69 Å². The van der Waals surface area contributed by atoms with Gasteiger partial charge in [-0.2, -0.15) is 4.98 Å². The number of benzene rings is 2. The van der Waals surface area contributed by atoms with Gasteiger partial charge in [0.15, 0.2) is 0 Å². The number of amides is 1. The molecule has 0 atom stereocenters. The normalized spacial score (nSPS) is 14.9. The number of carbonyl (C=O) groups is 1. The molecule has 1 saturated heterocycles. The Bertz CT molecular complexity index is 1110. The molecule has 0 aliphatic carbocycles. The van der Waals surface area contributed by atoms with Crippen molar-refractivity contribution in [3.05, 3.63) is 65.9 Å². The van der Waals surface area contributed by atoms with Crippen molar-refractivity contribution in [3.8, 4) is 10.7 Å². The number of nitrogens with one attached hydrogen (secondary N) is 1. The Kier molecular flexibility index (Phi) is 4.38. The van der Waals surface area contributed by atoms with Gasteiger partial charge in [-0.05, 0) is 22.9 Å². The summed E-state index contributed by atoms with van der Waals surface area (Å²) < 4.78 is 5.41. The van der Waals surface area contributed by atoms with E-state index in [0.29, 0.717) is 18.3 Å². The van der Waals surface area contributed by atoms with Crippen LogP contribution >= 0.6 is 11.3 Å². The molecule has 1 amide bonds. The largest absolute Gasteiger partial charge is 0.339 e. The maximum absolute atomic E-state index is 12.5. The van der Waals surface area contributed by atoms with E-state index in [2.05, 4.69) is 20.4 Å². The first-order chi connectivity index (χ1) is 13.8. The van der Waals surface area contributed by atoms with Gasteiger partial charge in [-0.15, -0.1) is 11.3 Å². The van der Waals surface area contributed by atoms with E-state index in [0.717, 1.165) is 34.4 Å². The average molecular weight is 390 g/mol. The van der Waals surface area contributed by atoms with Crippen molar-refractivity contribution in [2.75, 3.05) is 25.0 Å². The smallest absolute Gasteiger partial charge is 0.238 e. The molecule has 4 aromatic rings. The molecule has 1 N–H and O–H groups in total. The summed E-state index contributed by atoms with van der Waals surface area (Å²) in [6.07, 6.45) is 0. The molecule has 1 aliphatic heterocycles. The Morgan fingerprint density at radius 1 is 1.14 bits per heavy atom. The van der Waals surface area contributed by atoms with Crippen LogP contribution in [0, 0.1) is 0 Å². The highest BCUT2D eigenvalue weighted by molar-refractivity contribution is 7.13. The molecule has 1 fully saturated rings. The molecule has 0 bridgehead atoms. The second-order valence-corrected chi connectivity index (χ2v) is 7.85. The first-order valence-corrected chi connectivity index (χ1v) is 10.0. The molecule has 1 aliphatic rings. The fourth-order valence-electron chi connectivity index (χ4n) is 3.49. The lowest BCUT2D eigenvalue weighted by atomic mass is 10.0. The van der Waals surface area contributed by atoms with Crippen LogP contribution in [0.15, 0.2) is 64.5 Å². The fourth-order valence-corrected chi connectivity index (χ4v) is 4.14. The number of aromatic nitrogens is 2. The fraction of sp³-hybridized carbons (Fsp3) is 0.190. The molecule has 2 aromatic heterocycles. The van der Waals surface area contributed by atoms with Crippen LogP contribution in [-0.4, -0.2) is 40.6 Å². The van der Waals surface area contributed by atoms with E-state index in [1.165, 1.54) is 0 Å². The van der Waals surface area contributed by atoms with E-state index in [9.17, 15) is 4.79 Å². The summed E-state index contributed by atoms with van der Waals surface area (Å²) in [5.74, 6) is 1.46. The molecule has 2 aromatic carbocycles. The van der Waals surface area contributed by atoms with Crippen molar-refractivity contribution in [2.24, 2.45) is 0 Å². The molecular weight excluding hydrogens is 372 g/mol. The van der Waals surface area contributed by atoms with E-state index in [1.54, 1.807) is 11.3 Å². The third-order valence-corrected chi connectivity index (χ3v) is 5.79. The van der Waals surface area contributed by atoms with Crippen LogP contribution in [-0.2, 0) is 4.79 Å². The van der Waals surface area contributed by atoms with Gasteiger partial charge in [0.25, 0.3) is 0 Å². The van der Waals surface area contributed by atoms with Crippen molar-refractivity contribution < 1.29 is 9.32 Å². The summed E-state index contributed by atoms with van der Waals surface area (Å²) in [7, 11) is 0. The minimum atomic E-state index is -0.0143. The van der Waals surface area contributed by atoms with Gasteiger partial charge < -0.3 is 9.84 Å². The average Bonchev–Trinajstić information content (AvgIpc) is 3.36. The van der Waals surface area contributed by atoms with Gasteiger partial charge in [-0.25, -0.2) is 0 Å². The summed E-state index contributed by atoms with van der Waals surface area (Å²) in [5, 5.41) is 11.2. The number of fused-ring (bicyclic) bond motifs is 1. The summed E-state index contributed by atoms with van der Waals surface area (Å²) >= 11 is 1.59. The molecular formula is C21H18N4O2S. The minimum Gasteiger partial charge on any atom is -0.339 e. The minimum absolute atomic E-state index is 0.0143. The molecule has 0 unspecified atom stereocenters. The van der Waals surface area contributed by atoms with Crippen LogP contribution < -0.4 is 5.32 Å². The third-order valence-electron chi connectivity index (χ3n) is 4.92. The van der Waals surface area contributed by atoms with Crippen LogP contribution in [0.5, 0.6) is 0 Å². The number of thiophene rings is 1. The van der Waals surface area contributed by atoms with Crippen molar-refractivity contribution >= 4 is 33.7 Å². The van der Waals surface area contributed by atoms with Crippen molar-refractivity contribution in [2.45, 2.75) is 5.92 Å². The molecule has 5 rings (SSSR count). The SMILES string of the molecule is O=C(CN1CC(c2nc(-c3cccs3)no2)C1)Nc1cccc2ccccc12. The molecule has 0 saturated carbocycles. The van der Waals surface area contributed by atoms with Crippen molar-refractivity contribution in [1.29, 1.82) is 0 Å². The van der Waals surface area contributed by atoms with E-state index < -0.39 is 0 Å². The molecule has 0 radical (unpaired) electrons. The van der Waals surface area contributed by atoms with Gasteiger partial charge >= 0.3 is 0 Å². The predicted molar refractivity (Wildman–Crippen MR) is 109 cm³/mol. The molecule has 0 spiro atoms. The molecule has 140 valence electrons. The second-order valence-electron chi connectivity index (χ2n) is 6.90. The van der Waals surface area contributed by atoms with Gasteiger partial charge in [-0.1, -0.05) is 47.6 Å². The third kappa shape index (κ3) is 3.30. The van der Waals surface area contributed by atoms with Gasteiger partial charge in [0.1, 0.15) is 0 Å². The van der Waals surface area contributed by atoms with Crippen LogP contribution in [0.1, 0.15) is 11.8 Å². The monoisotopic (exact) mass is 390 g/mol. The quantitative estimate of drug-likeness (QED) is 0.558. The highest BCUT2D eigenvalue weighted by Gasteiger charge is 2.33. The number of hydrogen-bond donors (Lipinski definition) is 1. The maximum Gasteiger partial charge on any atom is 0.238 e. The summed E-state index contributed by atoms with van der Waals surface area (Å²) in [6.45, 7) is 1.84. The highest BCUT2D eigenvalue weighted by Crippen LogP contribution is 2.29. The van der Waals surface area contributed by atoms with Crippen LogP contribution in [0.25, 0.3) is 21.5 Å². The Morgan fingerprint density at radius 3 is 2.86 bits per heavy atom. The zero-order valence-corrected chi connectivity index (χ0v) is 15.9. The Balaban J connectivity index is 1.18. The lowest BCUT2D eigenvalue weighted by Gasteiger charge is -2.36. The number of carbonyl (C=O) groups excluding carboxylic acids is 1. The molecule has 6 nitrogen and oxygen atoms in total. The molecule has 7 heteroatoms. The van der Waals surface area contributed by atoms with E-state index in [4.69, 9.17) is 4.52 Å². The van der Waals surface area contributed by atoms with E-state index in [-0.39, 0.29) is 11.8 Å². The van der Waals surface area contributed by atoms with Gasteiger partial charge in [0.2, 0.25) is 17.6 Å². The lowest BCUT2D eigenvalue weighted by molar-refractivity contribution is -0.118. The topological polar surface area (TPSA) is 71.3 Å². The number of nitrogens with zero attached hydrogens (tertiary/aromatic N) is 3. The Labute approximate surface area is 165 Å². The molecule has 28 heavy (non-hydrogen) atoms. The van der Waals surface area contributed by atoms with Gasteiger partial charge in [0, 0.05) is 24.2 Å². The first-order valence-electron chi connectivity index (χ1n) is 9.14. The first kappa shape index (κ1) is 17.1. The molecule has 3 heterocycles. The number of hydrogen-bond acceptors (Lipinski definition) is 6. The number of rotatable bonds is 5. The van der Waals surface area contributed by atoms with Crippen LogP contribution in [0.2, 0.25) is 0 Å². The van der Waals surface area contributed by atoms with Crippen molar-refractivity contribution in [3.63, 3.8) is 0 Å². The van der Waals surface area contributed by atoms with Gasteiger partial charge in [0.05, 0.1) is 17.3 Å². The number of anilines is 1. The summed E-state index contributed by atoms with van der Waals surface area (Å²) in [5.41, 5.74) is 0.845. The lowest BCUT2D eigenvalue weighted by Crippen LogP contribution is -2.48. The predicted octanol–water partition coefficient (Wildman–Crippen LogP) is 3.99. The Hall–Kier alpha value is -3.03. The number of likely N-dealkylation sites (tertiary alicyclic amines) is 1. The highest BCUT2D eigenvalue weighted by atomic mass is 32.1. The van der Waals surface area contributed by atoms with Crippen molar-refractivity contribution in [1.82, 2.24) is 15.0 Å². The second kappa shape index (κ2) is 7.18. The summed E-state index contributed by atoms with van der Waals surface area (Å²) in [6, 6.07) is 17.9. The zero-order valence-electron chi connectivity index (χ0n) is 15.0. The van der Waals surface area contributed by atoms with Crippen LogP contribution in [0.4, 0.5) is 5.69 Å². The maximum atomic E-state index is 12.5. The summed E-state index contributed by atoms with van der Waals surface area (Å²) in [4.78, 5) is 20.0. The Morgan fingerprint density at radius 2 is 2.00 bits per heavy atom. The van der Waals surface area contributed by atoms with Crippen LogP contribution in [0.3, 0.4) is 0 Å². The van der Waals surface area contributed by atoms with E-state index >= 15 is 0 Å². The van der Waals surface area contributed by atoms with E-state index in [1.807, 2.05) is 60.0 Å². The zero-order chi connectivity index (χ0) is 18.9.